The number of hydrogen-bond donors (Lipinski definition) is 1. The van der Waals surface area contributed by atoms with Crippen LogP contribution in [0.1, 0.15) is 69.9 Å². The van der Waals surface area contributed by atoms with Gasteiger partial charge < -0.3 is 9.84 Å². The molecule has 1 aromatic rings. The number of rotatable bonds is 4. The average Bonchev–Trinajstić information content (AvgIpc) is 2.46. The van der Waals surface area contributed by atoms with Crippen molar-refractivity contribution in [2.24, 2.45) is 5.92 Å². The summed E-state index contributed by atoms with van der Waals surface area (Å²) in [5, 5.41) is 10.6. The number of phenols is 1. The van der Waals surface area contributed by atoms with Crippen molar-refractivity contribution in [1.82, 2.24) is 0 Å². The number of unbranched alkanes of at least 4 members (excludes halogenated alkanes) is 2. The molecule has 2 aliphatic rings. The summed E-state index contributed by atoms with van der Waals surface area (Å²) in [6.45, 7) is 6.59. The molecule has 1 N–H and O–H groups in total. The summed E-state index contributed by atoms with van der Waals surface area (Å²) in [7, 11) is 0. The Labute approximate surface area is 134 Å². The molecular weight excluding hydrogens is 272 g/mol. The van der Waals surface area contributed by atoms with Crippen LogP contribution in [0.3, 0.4) is 0 Å². The van der Waals surface area contributed by atoms with Crippen LogP contribution in [0.5, 0.6) is 11.5 Å². The molecule has 120 valence electrons. The van der Waals surface area contributed by atoms with Crippen molar-refractivity contribution in [3.63, 3.8) is 0 Å². The van der Waals surface area contributed by atoms with Gasteiger partial charge in [0, 0.05) is 17.4 Å². The normalized spacial score (nSPS) is 26.7. The van der Waals surface area contributed by atoms with E-state index < -0.39 is 0 Å². The molecule has 1 unspecified atom stereocenters. The van der Waals surface area contributed by atoms with Gasteiger partial charge in [-0.2, -0.15) is 0 Å². The maximum atomic E-state index is 10.6. The molecule has 1 aliphatic heterocycles. The van der Waals surface area contributed by atoms with Crippen molar-refractivity contribution in [3.8, 4) is 11.5 Å². The van der Waals surface area contributed by atoms with Gasteiger partial charge in [-0.25, -0.2) is 0 Å². The van der Waals surface area contributed by atoms with Gasteiger partial charge in [-0.15, -0.1) is 0 Å². The van der Waals surface area contributed by atoms with Crippen LogP contribution >= 0.6 is 0 Å². The van der Waals surface area contributed by atoms with E-state index in [0.717, 1.165) is 30.6 Å². The Morgan fingerprint density at radius 3 is 2.86 bits per heavy atom. The summed E-state index contributed by atoms with van der Waals surface area (Å²) in [6, 6.07) is 4.12. The Morgan fingerprint density at radius 1 is 1.27 bits per heavy atom. The fourth-order valence-electron chi connectivity index (χ4n) is 4.02. The van der Waals surface area contributed by atoms with Crippen LogP contribution in [-0.2, 0) is 6.42 Å². The van der Waals surface area contributed by atoms with Gasteiger partial charge in [0.1, 0.15) is 11.5 Å². The summed E-state index contributed by atoms with van der Waals surface area (Å²) in [6.07, 6.45) is 9.55. The molecule has 0 aromatic heterocycles. The van der Waals surface area contributed by atoms with E-state index in [4.69, 9.17) is 4.74 Å². The SMILES string of the molecule is CCCCCc1cc(O)c2c(c1)OC(C)[C@@H]1CCC(C)=C[C@@H]21. The lowest BCUT2D eigenvalue weighted by Gasteiger charge is -2.40. The molecule has 0 saturated heterocycles. The van der Waals surface area contributed by atoms with Crippen LogP contribution in [0.25, 0.3) is 0 Å². The largest absolute Gasteiger partial charge is 0.507 e. The van der Waals surface area contributed by atoms with Gasteiger partial charge in [0.2, 0.25) is 0 Å². The second kappa shape index (κ2) is 6.36. The third kappa shape index (κ3) is 2.88. The minimum absolute atomic E-state index is 0.229. The Kier molecular flexibility index (Phi) is 4.46. The van der Waals surface area contributed by atoms with E-state index in [1.165, 1.54) is 30.4 Å². The molecular formula is C20H28O2. The van der Waals surface area contributed by atoms with E-state index in [0.29, 0.717) is 17.6 Å². The van der Waals surface area contributed by atoms with Crippen LogP contribution in [0.2, 0.25) is 0 Å². The van der Waals surface area contributed by atoms with Crippen molar-refractivity contribution in [3.05, 3.63) is 34.9 Å². The van der Waals surface area contributed by atoms with E-state index >= 15 is 0 Å². The number of aryl methyl sites for hydroxylation is 1. The van der Waals surface area contributed by atoms with Gasteiger partial charge in [0.15, 0.2) is 0 Å². The van der Waals surface area contributed by atoms with E-state index in [-0.39, 0.29) is 6.10 Å². The quantitative estimate of drug-likeness (QED) is 0.600. The number of allylic oxidation sites excluding steroid dienone is 2. The molecule has 2 nitrogen and oxygen atoms in total. The predicted octanol–water partition coefficient (Wildman–Crippen LogP) is 5.35. The Hall–Kier alpha value is -1.44. The highest BCUT2D eigenvalue weighted by Gasteiger charge is 2.38. The van der Waals surface area contributed by atoms with Crippen LogP contribution in [0.15, 0.2) is 23.8 Å². The van der Waals surface area contributed by atoms with Crippen LogP contribution in [0, 0.1) is 5.92 Å². The summed E-state index contributed by atoms with van der Waals surface area (Å²) in [5.41, 5.74) is 3.65. The van der Waals surface area contributed by atoms with Gasteiger partial charge in [0.25, 0.3) is 0 Å². The summed E-state index contributed by atoms with van der Waals surface area (Å²) in [5.74, 6) is 2.15. The smallest absolute Gasteiger partial charge is 0.127 e. The maximum Gasteiger partial charge on any atom is 0.127 e. The van der Waals surface area contributed by atoms with Gasteiger partial charge in [-0.1, -0.05) is 31.4 Å². The fraction of sp³-hybridized carbons (Fsp3) is 0.600. The highest BCUT2D eigenvalue weighted by Crippen LogP contribution is 2.50. The molecule has 0 saturated carbocycles. The van der Waals surface area contributed by atoms with Crippen molar-refractivity contribution in [2.45, 2.75) is 71.3 Å². The topological polar surface area (TPSA) is 29.5 Å². The standard InChI is InChI=1S/C20H28O2/c1-4-5-6-7-15-11-18(21)20-17-10-13(2)8-9-16(17)14(3)22-19(20)12-15/h10-12,14,16-17,21H,4-9H2,1-3H3/t14?,16-,17+/m0/s1. The molecule has 0 radical (unpaired) electrons. The number of benzene rings is 1. The second-order valence-corrected chi connectivity index (χ2v) is 7.05. The van der Waals surface area contributed by atoms with Crippen molar-refractivity contribution < 1.29 is 9.84 Å². The lowest BCUT2D eigenvalue weighted by Crippen LogP contribution is -2.35. The highest BCUT2D eigenvalue weighted by molar-refractivity contribution is 5.53. The molecule has 0 amide bonds. The van der Waals surface area contributed by atoms with E-state index in [1.54, 1.807) is 0 Å². The molecule has 3 rings (SSSR count). The maximum absolute atomic E-state index is 10.6. The third-order valence-electron chi connectivity index (χ3n) is 5.30. The molecule has 0 spiro atoms. The lowest BCUT2D eigenvalue weighted by atomic mass is 9.72. The van der Waals surface area contributed by atoms with Gasteiger partial charge in [0.05, 0.1) is 6.10 Å². The minimum Gasteiger partial charge on any atom is -0.507 e. The molecule has 2 heteroatoms. The van der Waals surface area contributed by atoms with Gasteiger partial charge >= 0.3 is 0 Å². The summed E-state index contributed by atoms with van der Waals surface area (Å²) < 4.78 is 6.18. The number of phenolic OH excluding ortho intramolecular Hbond substituents is 1. The van der Waals surface area contributed by atoms with Crippen LogP contribution < -0.4 is 4.74 Å². The number of aromatic hydroxyl groups is 1. The van der Waals surface area contributed by atoms with Crippen LogP contribution in [-0.4, -0.2) is 11.2 Å². The molecule has 3 atom stereocenters. The molecule has 1 aliphatic carbocycles. The van der Waals surface area contributed by atoms with E-state index in [1.807, 2.05) is 6.07 Å². The summed E-state index contributed by atoms with van der Waals surface area (Å²) >= 11 is 0. The minimum atomic E-state index is 0.229. The first-order valence-electron chi connectivity index (χ1n) is 8.80. The highest BCUT2D eigenvalue weighted by atomic mass is 16.5. The average molecular weight is 300 g/mol. The van der Waals surface area contributed by atoms with Crippen molar-refractivity contribution in [1.29, 1.82) is 0 Å². The Balaban J connectivity index is 1.94. The first kappa shape index (κ1) is 15.5. The number of fused-ring (bicyclic) bond motifs is 3. The van der Waals surface area contributed by atoms with Gasteiger partial charge in [-0.3, -0.25) is 0 Å². The summed E-state index contributed by atoms with van der Waals surface area (Å²) in [4.78, 5) is 0. The van der Waals surface area contributed by atoms with Gasteiger partial charge in [-0.05, 0) is 57.2 Å². The molecule has 22 heavy (non-hydrogen) atoms. The Morgan fingerprint density at radius 2 is 2.09 bits per heavy atom. The van der Waals surface area contributed by atoms with Crippen LogP contribution in [0.4, 0.5) is 0 Å². The zero-order chi connectivity index (χ0) is 15.7. The first-order valence-corrected chi connectivity index (χ1v) is 8.80. The fourth-order valence-corrected chi connectivity index (χ4v) is 4.02. The second-order valence-electron chi connectivity index (χ2n) is 7.05. The molecule has 0 fully saturated rings. The van der Waals surface area contributed by atoms with Crippen molar-refractivity contribution >= 4 is 0 Å². The van der Waals surface area contributed by atoms with Crippen molar-refractivity contribution in [2.75, 3.05) is 0 Å². The monoisotopic (exact) mass is 300 g/mol. The predicted molar refractivity (Wildman–Crippen MR) is 90.6 cm³/mol. The zero-order valence-corrected chi connectivity index (χ0v) is 14.1. The number of ether oxygens (including phenoxy) is 1. The molecule has 1 heterocycles. The van der Waals surface area contributed by atoms with E-state index in [2.05, 4.69) is 32.9 Å². The lowest BCUT2D eigenvalue weighted by molar-refractivity contribution is 0.107. The zero-order valence-electron chi connectivity index (χ0n) is 14.1. The van der Waals surface area contributed by atoms with E-state index in [9.17, 15) is 5.11 Å². The Bertz CT molecular complexity index is 573. The first-order chi connectivity index (χ1) is 10.6. The number of hydrogen-bond acceptors (Lipinski definition) is 2. The third-order valence-corrected chi connectivity index (χ3v) is 5.30. The molecule has 0 bridgehead atoms. The molecule has 1 aromatic carbocycles.